The lowest BCUT2D eigenvalue weighted by atomic mass is 10.0. The third-order valence-electron chi connectivity index (χ3n) is 5.06. The van der Waals surface area contributed by atoms with Gasteiger partial charge in [0.2, 0.25) is 0 Å². The molecular weight excluding hydrogens is 330 g/mol. The maximum absolute atomic E-state index is 9.47. The number of nitrogens with one attached hydrogen (secondary N) is 1. The Kier molecular flexibility index (Phi) is 5.49. The quantitative estimate of drug-likeness (QED) is 0.870. The van der Waals surface area contributed by atoms with Gasteiger partial charge < -0.3 is 10.1 Å². The molecule has 1 N–H and O–H groups in total. The molecule has 0 spiro atoms. The molecule has 0 radical (unpaired) electrons. The summed E-state index contributed by atoms with van der Waals surface area (Å²) in [5.41, 5.74) is 3.28. The third-order valence-corrected chi connectivity index (χ3v) is 5.06. The van der Waals surface area contributed by atoms with Crippen LogP contribution < -0.4 is 5.32 Å². The van der Waals surface area contributed by atoms with Gasteiger partial charge in [0.15, 0.2) is 5.82 Å². The van der Waals surface area contributed by atoms with Gasteiger partial charge in [0, 0.05) is 26.3 Å². The smallest absolute Gasteiger partial charge is 0.167 e. The number of aryl methyl sites for hydroxylation is 2. The van der Waals surface area contributed by atoms with Crippen molar-refractivity contribution >= 4 is 5.82 Å². The van der Waals surface area contributed by atoms with Crippen LogP contribution in [0.15, 0.2) is 12.3 Å². The lowest BCUT2D eigenvalue weighted by Gasteiger charge is -2.40. The minimum Gasteiger partial charge on any atom is -0.373 e. The van der Waals surface area contributed by atoms with Gasteiger partial charge in [0.05, 0.1) is 30.1 Å². The van der Waals surface area contributed by atoms with Gasteiger partial charge in [-0.25, -0.2) is 0 Å². The van der Waals surface area contributed by atoms with E-state index in [0.717, 1.165) is 30.0 Å². The summed E-state index contributed by atoms with van der Waals surface area (Å²) < 4.78 is 7.97. The predicted octanol–water partition coefficient (Wildman–Crippen LogP) is 1.57. The number of morpholine rings is 1. The van der Waals surface area contributed by atoms with Crippen molar-refractivity contribution in [3.63, 3.8) is 0 Å². The van der Waals surface area contributed by atoms with Crippen LogP contribution in [0.25, 0.3) is 0 Å². The van der Waals surface area contributed by atoms with Crippen LogP contribution >= 0.6 is 0 Å². The van der Waals surface area contributed by atoms with Crippen LogP contribution in [0, 0.1) is 25.2 Å². The summed E-state index contributed by atoms with van der Waals surface area (Å²) in [6.45, 7) is 8.94. The Hall–Kier alpha value is -2.50. The minimum atomic E-state index is -0.0750. The van der Waals surface area contributed by atoms with Crippen LogP contribution in [0.1, 0.15) is 35.5 Å². The normalized spacial score (nSPS) is 20.7. The zero-order valence-electron chi connectivity index (χ0n) is 15.7. The summed E-state index contributed by atoms with van der Waals surface area (Å²) in [6.07, 6.45) is 1.74. The Bertz CT molecular complexity index is 810. The Labute approximate surface area is 153 Å². The molecule has 1 fully saturated rings. The molecule has 8 nitrogen and oxygen atoms in total. The molecule has 0 saturated carbocycles. The Morgan fingerprint density at radius 2 is 2.19 bits per heavy atom. The fourth-order valence-corrected chi connectivity index (χ4v) is 3.43. The molecule has 2 atom stereocenters. The first kappa shape index (κ1) is 18.3. The van der Waals surface area contributed by atoms with Gasteiger partial charge in [-0.1, -0.05) is 6.92 Å². The van der Waals surface area contributed by atoms with Crippen molar-refractivity contribution < 1.29 is 4.74 Å². The lowest BCUT2D eigenvalue weighted by molar-refractivity contribution is -0.0664. The van der Waals surface area contributed by atoms with E-state index in [1.165, 1.54) is 0 Å². The van der Waals surface area contributed by atoms with Crippen molar-refractivity contribution in [2.24, 2.45) is 7.05 Å². The van der Waals surface area contributed by atoms with E-state index < -0.39 is 0 Å². The van der Waals surface area contributed by atoms with E-state index in [-0.39, 0.29) is 12.1 Å². The molecule has 2 aromatic rings. The zero-order valence-corrected chi connectivity index (χ0v) is 15.7. The molecule has 0 aromatic carbocycles. The number of nitrogens with zero attached hydrogens (tertiary/aromatic N) is 6. The van der Waals surface area contributed by atoms with Crippen molar-refractivity contribution in [1.29, 1.82) is 5.26 Å². The highest BCUT2D eigenvalue weighted by Gasteiger charge is 2.34. The van der Waals surface area contributed by atoms with Gasteiger partial charge >= 0.3 is 0 Å². The van der Waals surface area contributed by atoms with Crippen LogP contribution in [0.4, 0.5) is 5.82 Å². The molecule has 1 saturated heterocycles. The van der Waals surface area contributed by atoms with Crippen molar-refractivity contribution in [2.45, 2.75) is 32.9 Å². The summed E-state index contributed by atoms with van der Waals surface area (Å²) in [4.78, 5) is 2.39. The van der Waals surface area contributed by atoms with Gasteiger partial charge in [-0.05, 0) is 32.0 Å². The maximum atomic E-state index is 9.47. The molecule has 0 aliphatic carbocycles. The average molecular weight is 355 g/mol. The highest BCUT2D eigenvalue weighted by atomic mass is 16.5. The number of ether oxygens (including phenoxy) is 1. The Morgan fingerprint density at radius 3 is 2.85 bits per heavy atom. The lowest BCUT2D eigenvalue weighted by Crippen LogP contribution is -2.48. The number of rotatable bonds is 5. The molecule has 3 rings (SSSR count). The standard InChI is InChI=1S/C18H25N7O/c1-5-25-8-9-26-16(17(25)15-6-7-21-24(15)4)11-20-18-14(10-19)12(2)13(3)22-23-18/h6-7,16-17H,5,8-9,11H2,1-4H3,(H,20,23)/t16-,17-/m0/s1. The first-order valence-electron chi connectivity index (χ1n) is 8.88. The van der Waals surface area contributed by atoms with E-state index in [1.807, 2.05) is 37.8 Å². The van der Waals surface area contributed by atoms with Gasteiger partial charge in [0.1, 0.15) is 11.6 Å². The SMILES string of the molecule is CCN1CCO[C@@H](CNc2nnc(C)c(C)c2C#N)[C@@H]1c1ccnn1C. The molecule has 8 heteroatoms. The fraction of sp³-hybridized carbons (Fsp3) is 0.556. The second kappa shape index (κ2) is 7.81. The molecule has 3 heterocycles. The monoisotopic (exact) mass is 355 g/mol. The molecule has 1 aliphatic rings. The highest BCUT2D eigenvalue weighted by molar-refractivity contribution is 5.55. The average Bonchev–Trinajstić information content (AvgIpc) is 3.07. The van der Waals surface area contributed by atoms with E-state index >= 15 is 0 Å². The number of nitriles is 1. The second-order valence-corrected chi connectivity index (χ2v) is 6.49. The van der Waals surface area contributed by atoms with Crippen LogP contribution in [-0.2, 0) is 11.8 Å². The van der Waals surface area contributed by atoms with E-state index in [0.29, 0.717) is 24.5 Å². The van der Waals surface area contributed by atoms with E-state index in [1.54, 1.807) is 0 Å². The van der Waals surface area contributed by atoms with E-state index in [4.69, 9.17) is 4.74 Å². The zero-order chi connectivity index (χ0) is 18.7. The number of hydrogen-bond acceptors (Lipinski definition) is 7. The van der Waals surface area contributed by atoms with E-state index in [9.17, 15) is 5.26 Å². The topological polar surface area (TPSA) is 91.9 Å². The molecular formula is C18H25N7O. The van der Waals surface area contributed by atoms with E-state index in [2.05, 4.69) is 38.5 Å². The number of hydrogen-bond donors (Lipinski definition) is 1. The summed E-state index contributed by atoms with van der Waals surface area (Å²) in [5.74, 6) is 0.511. The maximum Gasteiger partial charge on any atom is 0.167 e. The predicted molar refractivity (Wildman–Crippen MR) is 97.6 cm³/mol. The van der Waals surface area contributed by atoms with Crippen LogP contribution in [0.5, 0.6) is 0 Å². The molecule has 1 aliphatic heterocycles. The summed E-state index contributed by atoms with van der Waals surface area (Å²) in [6, 6.07) is 4.36. The van der Waals surface area contributed by atoms with Crippen LogP contribution in [0.3, 0.4) is 0 Å². The van der Waals surface area contributed by atoms with Crippen molar-refractivity contribution in [1.82, 2.24) is 24.9 Å². The van der Waals surface area contributed by atoms with Gasteiger partial charge in [0.25, 0.3) is 0 Å². The molecule has 2 aromatic heterocycles. The largest absolute Gasteiger partial charge is 0.373 e. The number of aromatic nitrogens is 4. The number of likely N-dealkylation sites (N-methyl/N-ethyl adjacent to an activating group) is 1. The molecule has 0 bridgehead atoms. The Balaban J connectivity index is 1.83. The molecule has 138 valence electrons. The second-order valence-electron chi connectivity index (χ2n) is 6.49. The highest BCUT2D eigenvalue weighted by Crippen LogP contribution is 2.29. The molecule has 0 amide bonds. The molecule has 26 heavy (non-hydrogen) atoms. The van der Waals surface area contributed by atoms with Crippen molar-refractivity contribution in [2.75, 3.05) is 31.6 Å². The first-order valence-corrected chi connectivity index (χ1v) is 8.88. The van der Waals surface area contributed by atoms with Gasteiger partial charge in [-0.3, -0.25) is 9.58 Å². The van der Waals surface area contributed by atoms with Crippen LogP contribution in [0.2, 0.25) is 0 Å². The van der Waals surface area contributed by atoms with Crippen molar-refractivity contribution in [3.05, 3.63) is 34.8 Å². The third kappa shape index (κ3) is 3.41. The first-order chi connectivity index (χ1) is 12.6. The van der Waals surface area contributed by atoms with Gasteiger partial charge in [-0.15, -0.1) is 5.10 Å². The summed E-state index contributed by atoms with van der Waals surface area (Å²) in [5, 5.41) is 25.4. The minimum absolute atomic E-state index is 0.0750. The summed E-state index contributed by atoms with van der Waals surface area (Å²) >= 11 is 0. The summed E-state index contributed by atoms with van der Waals surface area (Å²) in [7, 11) is 1.95. The Morgan fingerprint density at radius 1 is 1.38 bits per heavy atom. The van der Waals surface area contributed by atoms with Crippen molar-refractivity contribution in [3.8, 4) is 6.07 Å². The van der Waals surface area contributed by atoms with Gasteiger partial charge in [-0.2, -0.15) is 15.5 Å². The number of anilines is 1. The molecule has 0 unspecified atom stereocenters. The fourth-order valence-electron chi connectivity index (χ4n) is 3.43. The van der Waals surface area contributed by atoms with Crippen LogP contribution in [-0.4, -0.2) is 57.2 Å².